The summed E-state index contributed by atoms with van der Waals surface area (Å²) in [5.41, 5.74) is 10.4. The van der Waals surface area contributed by atoms with Crippen LogP contribution in [0.1, 0.15) is 0 Å². The van der Waals surface area contributed by atoms with Crippen molar-refractivity contribution in [2.24, 2.45) is 17.4 Å². The van der Waals surface area contributed by atoms with Gasteiger partial charge in [-0.2, -0.15) is 0 Å². The molecule has 1 fully saturated rings. The average molecular weight is 130 g/mol. The first-order chi connectivity index (χ1) is 4.22. The van der Waals surface area contributed by atoms with Crippen molar-refractivity contribution in [2.45, 2.75) is 6.04 Å². The molecule has 0 radical (unpaired) electrons. The summed E-state index contributed by atoms with van der Waals surface area (Å²) in [4.78, 5) is 10.5. The Bertz CT molecular complexity index is 126. The smallest absolute Gasteiger partial charge is 0.224 e. The molecule has 1 heterocycles. The van der Waals surface area contributed by atoms with Gasteiger partial charge in [0.25, 0.3) is 0 Å². The van der Waals surface area contributed by atoms with Crippen molar-refractivity contribution in [3.63, 3.8) is 0 Å². The van der Waals surface area contributed by atoms with E-state index in [1.165, 1.54) is 0 Å². The van der Waals surface area contributed by atoms with Gasteiger partial charge < -0.3 is 16.2 Å². The number of carbonyl (C=O) groups excluding carboxylic acids is 1. The molecule has 0 aromatic rings. The van der Waals surface area contributed by atoms with Gasteiger partial charge in [0.2, 0.25) is 5.91 Å². The van der Waals surface area contributed by atoms with Gasteiger partial charge in [-0.1, -0.05) is 0 Å². The number of ether oxygens (including phenoxy) is 1. The first kappa shape index (κ1) is 6.51. The first-order valence-electron chi connectivity index (χ1n) is 2.84. The second kappa shape index (κ2) is 2.33. The van der Waals surface area contributed by atoms with Crippen molar-refractivity contribution in [1.82, 2.24) is 0 Å². The predicted octanol–water partition coefficient (Wildman–Crippen LogP) is -1.55. The molecule has 0 spiro atoms. The lowest BCUT2D eigenvalue weighted by Crippen LogP contribution is -2.37. The molecule has 1 aliphatic rings. The van der Waals surface area contributed by atoms with Crippen molar-refractivity contribution in [3.05, 3.63) is 0 Å². The topological polar surface area (TPSA) is 78.3 Å². The summed E-state index contributed by atoms with van der Waals surface area (Å²) in [5, 5.41) is 0. The molecule has 0 aromatic heterocycles. The molecule has 0 aliphatic carbocycles. The van der Waals surface area contributed by atoms with Gasteiger partial charge in [0.1, 0.15) is 0 Å². The van der Waals surface area contributed by atoms with Gasteiger partial charge in [0.15, 0.2) is 0 Å². The molecule has 0 aromatic carbocycles. The number of hydrogen-bond acceptors (Lipinski definition) is 3. The van der Waals surface area contributed by atoms with Gasteiger partial charge in [-0.05, 0) is 0 Å². The molecule has 0 saturated carbocycles. The number of primary amides is 1. The highest BCUT2D eigenvalue weighted by molar-refractivity contribution is 5.77. The summed E-state index contributed by atoms with van der Waals surface area (Å²) >= 11 is 0. The molecule has 2 unspecified atom stereocenters. The van der Waals surface area contributed by atoms with Crippen LogP contribution < -0.4 is 11.5 Å². The molecular formula is C5H10N2O2. The molecule has 1 saturated heterocycles. The average Bonchev–Trinajstić information content (AvgIpc) is 2.13. The van der Waals surface area contributed by atoms with E-state index in [2.05, 4.69) is 0 Å². The van der Waals surface area contributed by atoms with Crippen molar-refractivity contribution < 1.29 is 9.53 Å². The van der Waals surface area contributed by atoms with E-state index in [0.29, 0.717) is 13.2 Å². The third-order valence-electron chi connectivity index (χ3n) is 1.49. The highest BCUT2D eigenvalue weighted by atomic mass is 16.5. The summed E-state index contributed by atoms with van der Waals surface area (Å²) in [7, 11) is 0. The molecule has 0 bridgehead atoms. The number of nitrogens with two attached hydrogens (primary N) is 2. The Morgan fingerprint density at radius 1 is 1.56 bits per heavy atom. The maximum absolute atomic E-state index is 10.5. The largest absolute Gasteiger partial charge is 0.379 e. The molecule has 4 N–H and O–H groups in total. The lowest BCUT2D eigenvalue weighted by Gasteiger charge is -2.06. The standard InChI is InChI=1S/C5H10N2O2/c6-4-2-9-1-3(4)5(7)8/h3-4H,1-2,6H2,(H2,7,8). The molecule has 1 aliphatic heterocycles. The highest BCUT2D eigenvalue weighted by Crippen LogP contribution is 2.09. The summed E-state index contributed by atoms with van der Waals surface area (Å²) in [5.74, 6) is -0.634. The Balaban J connectivity index is 2.49. The molecule has 2 atom stereocenters. The molecule has 4 heteroatoms. The van der Waals surface area contributed by atoms with Crippen LogP contribution in [0.25, 0.3) is 0 Å². The monoisotopic (exact) mass is 130 g/mol. The normalized spacial score (nSPS) is 34.8. The zero-order valence-electron chi connectivity index (χ0n) is 5.04. The van der Waals surface area contributed by atoms with E-state index in [0.717, 1.165) is 0 Å². The molecule has 1 rings (SSSR count). The van der Waals surface area contributed by atoms with Crippen molar-refractivity contribution in [2.75, 3.05) is 13.2 Å². The third-order valence-corrected chi connectivity index (χ3v) is 1.49. The summed E-state index contributed by atoms with van der Waals surface area (Å²) in [6.45, 7) is 0.837. The summed E-state index contributed by atoms with van der Waals surface area (Å²) in [6.07, 6.45) is 0. The molecular weight excluding hydrogens is 120 g/mol. The second-order valence-electron chi connectivity index (χ2n) is 2.21. The number of carbonyl (C=O) groups is 1. The maximum atomic E-state index is 10.5. The van der Waals surface area contributed by atoms with Gasteiger partial charge in [-0.3, -0.25) is 4.79 Å². The Labute approximate surface area is 53.1 Å². The van der Waals surface area contributed by atoms with Crippen LogP contribution in [0.5, 0.6) is 0 Å². The molecule has 4 nitrogen and oxygen atoms in total. The number of rotatable bonds is 1. The van der Waals surface area contributed by atoms with Crippen LogP contribution in [0.2, 0.25) is 0 Å². The van der Waals surface area contributed by atoms with E-state index >= 15 is 0 Å². The first-order valence-corrected chi connectivity index (χ1v) is 2.84. The van der Waals surface area contributed by atoms with Crippen LogP contribution in [-0.4, -0.2) is 25.2 Å². The second-order valence-corrected chi connectivity index (χ2v) is 2.21. The minimum absolute atomic E-state index is 0.192. The van der Waals surface area contributed by atoms with E-state index < -0.39 is 0 Å². The fraction of sp³-hybridized carbons (Fsp3) is 0.800. The number of amides is 1. The lowest BCUT2D eigenvalue weighted by molar-refractivity contribution is -0.121. The fourth-order valence-corrected chi connectivity index (χ4v) is 0.864. The third kappa shape index (κ3) is 1.20. The molecule has 52 valence electrons. The Morgan fingerprint density at radius 3 is 2.44 bits per heavy atom. The zero-order valence-corrected chi connectivity index (χ0v) is 5.04. The van der Waals surface area contributed by atoms with Crippen LogP contribution in [0.15, 0.2) is 0 Å². The molecule has 9 heavy (non-hydrogen) atoms. The van der Waals surface area contributed by atoms with Crippen molar-refractivity contribution >= 4 is 5.91 Å². The highest BCUT2D eigenvalue weighted by Gasteiger charge is 2.29. The van der Waals surface area contributed by atoms with Crippen LogP contribution >= 0.6 is 0 Å². The van der Waals surface area contributed by atoms with E-state index in [4.69, 9.17) is 16.2 Å². The van der Waals surface area contributed by atoms with E-state index in [-0.39, 0.29) is 17.9 Å². The minimum atomic E-state index is -0.361. The quantitative estimate of drug-likeness (QED) is 0.451. The maximum Gasteiger partial charge on any atom is 0.224 e. The van der Waals surface area contributed by atoms with Gasteiger partial charge >= 0.3 is 0 Å². The predicted molar refractivity (Wildman–Crippen MR) is 31.5 cm³/mol. The van der Waals surface area contributed by atoms with E-state index in [9.17, 15) is 4.79 Å². The SMILES string of the molecule is NC(=O)C1COCC1N. The van der Waals surface area contributed by atoms with Gasteiger partial charge in [-0.15, -0.1) is 0 Å². The van der Waals surface area contributed by atoms with Crippen LogP contribution in [0.3, 0.4) is 0 Å². The Hall–Kier alpha value is -0.610. The fourth-order valence-electron chi connectivity index (χ4n) is 0.864. The summed E-state index contributed by atoms with van der Waals surface area (Å²) in [6, 6.07) is -0.192. The van der Waals surface area contributed by atoms with Crippen LogP contribution in [0, 0.1) is 5.92 Å². The van der Waals surface area contributed by atoms with E-state index in [1.807, 2.05) is 0 Å². The van der Waals surface area contributed by atoms with Gasteiger partial charge in [-0.25, -0.2) is 0 Å². The number of hydrogen-bond donors (Lipinski definition) is 2. The van der Waals surface area contributed by atoms with E-state index in [1.54, 1.807) is 0 Å². The van der Waals surface area contributed by atoms with Crippen molar-refractivity contribution in [1.29, 1.82) is 0 Å². The van der Waals surface area contributed by atoms with Gasteiger partial charge in [0, 0.05) is 6.04 Å². The Kier molecular flexibility index (Phi) is 1.68. The van der Waals surface area contributed by atoms with Gasteiger partial charge in [0.05, 0.1) is 19.1 Å². The van der Waals surface area contributed by atoms with Crippen LogP contribution in [-0.2, 0) is 9.53 Å². The van der Waals surface area contributed by atoms with Crippen molar-refractivity contribution in [3.8, 4) is 0 Å². The van der Waals surface area contributed by atoms with Crippen LogP contribution in [0.4, 0.5) is 0 Å². The lowest BCUT2D eigenvalue weighted by atomic mass is 10.1. The Morgan fingerprint density at radius 2 is 2.22 bits per heavy atom. The minimum Gasteiger partial charge on any atom is -0.379 e. The molecule has 1 amide bonds. The zero-order chi connectivity index (χ0) is 6.85. The summed E-state index contributed by atoms with van der Waals surface area (Å²) < 4.78 is 4.90.